The second kappa shape index (κ2) is 29.4. The van der Waals surface area contributed by atoms with Gasteiger partial charge in [-0.05, 0) is 32.1 Å². The van der Waals surface area contributed by atoms with Crippen LogP contribution in [0.15, 0.2) is 12.2 Å². The number of rotatable bonds is 31. The van der Waals surface area contributed by atoms with Crippen molar-refractivity contribution in [1.82, 2.24) is 0 Å². The molecule has 0 spiro atoms. The lowest BCUT2D eigenvalue weighted by Gasteiger charge is -2.20. The lowest BCUT2D eigenvalue weighted by molar-refractivity contribution is -0.161. The minimum Gasteiger partial charge on any atom is -0.462 e. The first-order valence-electron chi connectivity index (χ1n) is 16.6. The molecule has 0 aliphatic rings. The lowest BCUT2D eigenvalue weighted by atomic mass is 10.1. The number of hydrogen-bond acceptors (Lipinski definition) is 9. The number of carbonyl (C=O) groups excluding carboxylic acids is 2. The molecule has 0 aromatic carbocycles. The predicted octanol–water partition coefficient (Wildman–Crippen LogP) is 7.33. The summed E-state index contributed by atoms with van der Waals surface area (Å²) in [7, 11) is -4.60. The van der Waals surface area contributed by atoms with Gasteiger partial charge in [0.25, 0.3) is 0 Å². The molecule has 0 aromatic heterocycles. The van der Waals surface area contributed by atoms with E-state index in [0.29, 0.717) is 12.8 Å². The monoisotopic (exact) mass is 636 g/mol. The number of ether oxygens (including phenoxy) is 2. The Morgan fingerprint density at radius 2 is 1.16 bits per heavy atom. The van der Waals surface area contributed by atoms with Gasteiger partial charge >= 0.3 is 19.8 Å². The van der Waals surface area contributed by atoms with Gasteiger partial charge in [-0.1, -0.05) is 109 Å². The van der Waals surface area contributed by atoms with Crippen LogP contribution in [0.1, 0.15) is 142 Å². The number of unbranched alkanes of at least 4 members (excludes halogenated alkanes) is 15. The fourth-order valence-corrected chi connectivity index (χ4v) is 5.06. The summed E-state index contributed by atoms with van der Waals surface area (Å²) in [6, 6.07) is 0. The van der Waals surface area contributed by atoms with Gasteiger partial charge in [0, 0.05) is 12.8 Å². The van der Waals surface area contributed by atoms with Gasteiger partial charge in [0.15, 0.2) is 6.10 Å². The van der Waals surface area contributed by atoms with Crippen molar-refractivity contribution in [1.29, 1.82) is 0 Å². The minimum atomic E-state index is -4.60. The third-order valence-corrected chi connectivity index (χ3v) is 7.87. The number of phosphoric acid groups is 1. The van der Waals surface area contributed by atoms with Gasteiger partial charge in [0.1, 0.15) is 12.7 Å². The maximum atomic E-state index is 12.4. The first-order chi connectivity index (χ1) is 20.7. The van der Waals surface area contributed by atoms with E-state index in [-0.39, 0.29) is 19.4 Å². The molecule has 3 atom stereocenters. The Kier molecular flexibility index (Phi) is 28.5. The number of hydrogen-bond donors (Lipinski definition) is 3. The van der Waals surface area contributed by atoms with E-state index in [0.717, 1.165) is 57.8 Å². The van der Waals surface area contributed by atoms with Crippen LogP contribution in [0.3, 0.4) is 0 Å². The summed E-state index contributed by atoms with van der Waals surface area (Å²) in [4.78, 5) is 34.5. The fourth-order valence-electron chi connectivity index (χ4n) is 4.27. The molecule has 11 heteroatoms. The summed E-state index contributed by atoms with van der Waals surface area (Å²) in [5.74, 6) is -0.939. The second-order valence-electron chi connectivity index (χ2n) is 11.2. The first-order valence-corrected chi connectivity index (χ1v) is 18.1. The minimum absolute atomic E-state index is 0.185. The molecule has 1 unspecified atom stereocenters. The van der Waals surface area contributed by atoms with Gasteiger partial charge < -0.3 is 24.6 Å². The maximum absolute atomic E-state index is 12.4. The van der Waals surface area contributed by atoms with Crippen molar-refractivity contribution in [3.05, 3.63) is 12.2 Å². The van der Waals surface area contributed by atoms with Gasteiger partial charge in [0.05, 0.1) is 19.8 Å². The Hall–Kier alpha value is -1.29. The van der Waals surface area contributed by atoms with Gasteiger partial charge in [-0.15, -0.1) is 0 Å². The second-order valence-corrected chi connectivity index (χ2v) is 12.6. The lowest BCUT2D eigenvalue weighted by Crippen LogP contribution is -2.29. The van der Waals surface area contributed by atoms with Crippen LogP contribution in [0.25, 0.3) is 0 Å². The summed E-state index contributed by atoms with van der Waals surface area (Å²) in [5, 5.41) is 18.2. The van der Waals surface area contributed by atoms with Crippen molar-refractivity contribution >= 4 is 19.8 Å². The molecule has 0 aliphatic carbocycles. The third kappa shape index (κ3) is 29.2. The van der Waals surface area contributed by atoms with Gasteiger partial charge in [-0.2, -0.15) is 0 Å². The summed E-state index contributed by atoms with van der Waals surface area (Å²) in [6.45, 7) is 2.27. The van der Waals surface area contributed by atoms with E-state index in [1.165, 1.54) is 44.9 Å². The molecule has 10 nitrogen and oxygen atoms in total. The highest BCUT2D eigenvalue weighted by Gasteiger charge is 2.27. The quantitative estimate of drug-likeness (QED) is 0.0306. The Morgan fingerprint density at radius 1 is 0.674 bits per heavy atom. The molecule has 0 aliphatic heterocycles. The number of aliphatic hydroxyl groups excluding tert-OH is 2. The van der Waals surface area contributed by atoms with E-state index < -0.39 is 51.8 Å². The van der Waals surface area contributed by atoms with Crippen molar-refractivity contribution in [2.75, 3.05) is 26.4 Å². The number of aliphatic hydroxyl groups is 2. The van der Waals surface area contributed by atoms with Crippen LogP contribution in [-0.4, -0.2) is 65.7 Å². The van der Waals surface area contributed by atoms with Crippen molar-refractivity contribution in [3.63, 3.8) is 0 Å². The van der Waals surface area contributed by atoms with Crippen molar-refractivity contribution in [2.45, 2.75) is 154 Å². The van der Waals surface area contributed by atoms with Gasteiger partial charge in [-0.25, -0.2) is 4.57 Å². The summed E-state index contributed by atoms with van der Waals surface area (Å²) in [5.41, 5.74) is 0. The zero-order chi connectivity index (χ0) is 32.0. The highest BCUT2D eigenvalue weighted by atomic mass is 31.2. The van der Waals surface area contributed by atoms with E-state index in [2.05, 4.69) is 30.5 Å². The first kappa shape index (κ1) is 41.7. The molecule has 0 bridgehead atoms. The average molecular weight is 637 g/mol. The van der Waals surface area contributed by atoms with Crippen LogP contribution in [0.4, 0.5) is 0 Å². The highest BCUT2D eigenvalue weighted by molar-refractivity contribution is 7.47. The topological polar surface area (TPSA) is 149 Å². The average Bonchev–Trinajstić information content (AvgIpc) is 2.99. The van der Waals surface area contributed by atoms with Crippen molar-refractivity contribution in [3.8, 4) is 0 Å². The molecular weight excluding hydrogens is 575 g/mol. The van der Waals surface area contributed by atoms with E-state index in [1.54, 1.807) is 0 Å². The number of phosphoric ester groups is 1. The Balaban J connectivity index is 4.45. The van der Waals surface area contributed by atoms with Crippen LogP contribution in [-0.2, 0) is 32.7 Å². The van der Waals surface area contributed by atoms with E-state index >= 15 is 0 Å². The van der Waals surface area contributed by atoms with E-state index in [1.807, 2.05) is 0 Å². The summed E-state index contributed by atoms with van der Waals surface area (Å²) in [6.07, 6.45) is 22.0. The van der Waals surface area contributed by atoms with Crippen LogP contribution >= 0.6 is 7.82 Å². The largest absolute Gasteiger partial charge is 0.472 e. The number of carbonyl (C=O) groups is 2. The molecule has 0 aromatic rings. The Labute approximate surface area is 260 Å². The molecule has 3 N–H and O–H groups in total. The van der Waals surface area contributed by atoms with Gasteiger partial charge in [0.2, 0.25) is 0 Å². The molecule has 0 saturated heterocycles. The Bertz CT molecular complexity index is 746. The van der Waals surface area contributed by atoms with Gasteiger partial charge in [-0.3, -0.25) is 18.6 Å². The predicted molar refractivity (Wildman–Crippen MR) is 168 cm³/mol. The Morgan fingerprint density at radius 3 is 1.74 bits per heavy atom. The van der Waals surface area contributed by atoms with Crippen LogP contribution in [0.5, 0.6) is 0 Å². The van der Waals surface area contributed by atoms with E-state index in [9.17, 15) is 24.2 Å². The van der Waals surface area contributed by atoms with Crippen LogP contribution in [0.2, 0.25) is 0 Å². The zero-order valence-electron chi connectivity index (χ0n) is 26.9. The molecule has 0 amide bonds. The molecule has 0 radical (unpaired) electrons. The zero-order valence-corrected chi connectivity index (χ0v) is 27.8. The van der Waals surface area contributed by atoms with Crippen LogP contribution < -0.4 is 0 Å². The molecule has 0 rings (SSSR count). The number of esters is 2. The van der Waals surface area contributed by atoms with Crippen LogP contribution in [0, 0.1) is 0 Å². The fraction of sp³-hybridized carbons (Fsp3) is 0.875. The summed E-state index contributed by atoms with van der Waals surface area (Å²) >= 11 is 0. The maximum Gasteiger partial charge on any atom is 0.472 e. The van der Waals surface area contributed by atoms with Crippen molar-refractivity contribution < 1.29 is 47.8 Å². The molecule has 0 fully saturated rings. The summed E-state index contributed by atoms with van der Waals surface area (Å²) < 4.78 is 32.4. The third-order valence-electron chi connectivity index (χ3n) is 6.92. The normalized spacial score (nSPS) is 14.4. The molecule has 0 heterocycles. The highest BCUT2D eigenvalue weighted by Crippen LogP contribution is 2.43. The van der Waals surface area contributed by atoms with Crippen molar-refractivity contribution in [2.24, 2.45) is 0 Å². The molecule has 254 valence electrons. The number of allylic oxidation sites excluding steroid dienone is 2. The molecule has 43 heavy (non-hydrogen) atoms. The smallest absolute Gasteiger partial charge is 0.462 e. The molecular formula is C32H61O10P. The van der Waals surface area contributed by atoms with E-state index in [4.69, 9.17) is 19.1 Å². The standard InChI is InChI=1S/C32H61O10P/c1-3-5-7-9-11-13-14-16-17-19-21-23-31(35)39-27-30(28-41-43(37,38)40-26-29(34)25-33)42-32(36)24-22-20-18-15-12-10-8-6-4-2/h9,11,29-30,33-34H,3-8,10,12-28H2,1-2H3,(H,37,38)/b11-9-/t29-,30+/m0/s1. The molecule has 0 saturated carbocycles. The SMILES string of the molecule is CCCC/C=C\CCCCCCCC(=O)OC[C@H](COP(=O)(O)OC[C@@H](O)CO)OC(=O)CCCCCCCCCCC.